The molecule has 6 unspecified atom stereocenters. The van der Waals surface area contributed by atoms with Crippen molar-refractivity contribution < 1.29 is 29.3 Å². The summed E-state index contributed by atoms with van der Waals surface area (Å²) >= 11 is 0. The van der Waals surface area contributed by atoms with Crippen LogP contribution >= 0.6 is 0 Å². The van der Waals surface area contributed by atoms with Gasteiger partial charge in [0, 0.05) is 35.5 Å². The summed E-state index contributed by atoms with van der Waals surface area (Å²) in [7, 11) is 0. The first-order chi connectivity index (χ1) is 21.5. The number of Topliss-reactive ketones (excluding diaryl/α,β-unsaturated/α-hetero) is 2. The summed E-state index contributed by atoms with van der Waals surface area (Å²) in [5.74, 6) is 0.165. The lowest BCUT2D eigenvalue weighted by Crippen LogP contribution is -2.67. The molecule has 2 saturated carbocycles. The monoisotopic (exact) mass is 632 g/mol. The van der Waals surface area contributed by atoms with Gasteiger partial charge in [-0.2, -0.15) is 0 Å². The number of hydrogen-bond acceptors (Lipinski definition) is 6. The molecular formula is C40H56O6. The molecule has 0 bridgehead atoms. The number of rotatable bonds is 2. The number of aliphatic hydroxyl groups is 2. The molecule has 46 heavy (non-hydrogen) atoms. The predicted octanol–water partition coefficient (Wildman–Crippen LogP) is 7.58. The van der Waals surface area contributed by atoms with Crippen LogP contribution in [0, 0.1) is 28.6 Å². The number of ketones is 2. The second-order valence-electron chi connectivity index (χ2n) is 18.1. The Morgan fingerprint density at radius 3 is 1.98 bits per heavy atom. The fourth-order valence-electron chi connectivity index (χ4n) is 11.3. The SMILES string of the molecule is CC(C)c1cc2c(c3c1OC1C4=C(CC5(O)CCCC(C)(C)C5CC4)C(=O)C(=O)C1(C(C)C)O3)CC1(O)CCCC(C)(C)C1CC2. The number of ether oxygens (including phenoxy) is 2. The van der Waals surface area contributed by atoms with Crippen LogP contribution in [0.25, 0.3) is 0 Å². The lowest BCUT2D eigenvalue weighted by atomic mass is 9.59. The Bertz CT molecular complexity index is 1510. The molecule has 1 aliphatic heterocycles. The van der Waals surface area contributed by atoms with Crippen molar-refractivity contribution in [2.24, 2.45) is 28.6 Å². The second-order valence-corrected chi connectivity index (χ2v) is 18.1. The van der Waals surface area contributed by atoms with Crippen molar-refractivity contribution in [2.45, 2.75) is 161 Å². The van der Waals surface area contributed by atoms with Gasteiger partial charge in [-0.3, -0.25) is 9.59 Å². The quantitative estimate of drug-likeness (QED) is 0.327. The third kappa shape index (κ3) is 4.47. The van der Waals surface area contributed by atoms with E-state index < -0.39 is 34.5 Å². The van der Waals surface area contributed by atoms with Gasteiger partial charge < -0.3 is 19.7 Å². The van der Waals surface area contributed by atoms with Crippen LogP contribution < -0.4 is 9.47 Å². The van der Waals surface area contributed by atoms with Gasteiger partial charge in [-0.05, 0) is 91.1 Å². The fraction of sp³-hybridized carbons (Fsp3) is 0.750. The van der Waals surface area contributed by atoms with Gasteiger partial charge in [0.2, 0.25) is 11.4 Å². The topological polar surface area (TPSA) is 93.1 Å². The minimum atomic E-state index is -1.50. The summed E-state index contributed by atoms with van der Waals surface area (Å²) in [6.07, 6.45) is 8.41. The maximum atomic E-state index is 14.6. The normalized spacial score (nSPS) is 37.9. The minimum absolute atomic E-state index is 0.0293. The Kier molecular flexibility index (Phi) is 7.33. The molecule has 6 aliphatic rings. The van der Waals surface area contributed by atoms with Crippen molar-refractivity contribution >= 4 is 11.6 Å². The van der Waals surface area contributed by atoms with Crippen molar-refractivity contribution in [3.8, 4) is 11.5 Å². The van der Waals surface area contributed by atoms with Crippen molar-refractivity contribution in [1.82, 2.24) is 0 Å². The molecule has 6 atom stereocenters. The standard InChI is InChI=1S/C40H56O6/c1-22(2)26-19-24-11-13-29-36(5,6)15-9-17-38(29,43)20-27(24)33-32(26)45-35-25-12-14-30-37(7,8)16-10-18-39(30,44)21-28(25)31(41)34(42)40(35,46-33)23(3)4/h19,22-23,29-30,35,43-44H,9-18,20-21H2,1-8H3. The van der Waals surface area contributed by atoms with E-state index in [1.165, 1.54) is 5.56 Å². The molecule has 0 spiro atoms. The lowest BCUT2D eigenvalue weighted by Gasteiger charge is -2.51. The molecular weight excluding hydrogens is 576 g/mol. The van der Waals surface area contributed by atoms with Crippen LogP contribution in [0.1, 0.15) is 142 Å². The number of benzene rings is 1. The van der Waals surface area contributed by atoms with Crippen LogP contribution in [-0.4, -0.2) is 44.7 Å². The number of carbonyl (C=O) groups excluding carboxylic acids is 2. The first-order valence-electron chi connectivity index (χ1n) is 18.3. The molecule has 1 aromatic rings. The van der Waals surface area contributed by atoms with E-state index in [9.17, 15) is 19.8 Å². The lowest BCUT2D eigenvalue weighted by molar-refractivity contribution is -0.161. The molecule has 6 nitrogen and oxygen atoms in total. The highest BCUT2D eigenvalue weighted by molar-refractivity contribution is 6.47. The highest BCUT2D eigenvalue weighted by Gasteiger charge is 2.65. The molecule has 252 valence electrons. The first-order valence-corrected chi connectivity index (χ1v) is 18.3. The Hall–Kier alpha value is -2.18. The zero-order valence-corrected chi connectivity index (χ0v) is 29.5. The molecule has 0 radical (unpaired) electrons. The van der Waals surface area contributed by atoms with Crippen LogP contribution in [0.15, 0.2) is 17.2 Å². The van der Waals surface area contributed by atoms with Crippen LogP contribution in [0.3, 0.4) is 0 Å². The number of carbonyl (C=O) groups is 2. The van der Waals surface area contributed by atoms with Gasteiger partial charge in [0.1, 0.15) is 0 Å². The average molecular weight is 633 g/mol. The fourth-order valence-corrected chi connectivity index (χ4v) is 11.3. The predicted molar refractivity (Wildman–Crippen MR) is 178 cm³/mol. The van der Waals surface area contributed by atoms with Gasteiger partial charge in [0.05, 0.1) is 11.2 Å². The number of aryl methyl sites for hydroxylation is 1. The molecule has 2 fully saturated rings. The minimum Gasteiger partial charge on any atom is -0.477 e. The van der Waals surface area contributed by atoms with E-state index in [0.717, 1.165) is 68.1 Å². The Labute approximate surface area is 275 Å². The molecule has 1 heterocycles. The van der Waals surface area contributed by atoms with E-state index >= 15 is 0 Å². The Morgan fingerprint density at radius 2 is 1.39 bits per heavy atom. The maximum absolute atomic E-state index is 14.6. The van der Waals surface area contributed by atoms with Gasteiger partial charge in [-0.15, -0.1) is 0 Å². The van der Waals surface area contributed by atoms with E-state index in [0.29, 0.717) is 36.3 Å². The van der Waals surface area contributed by atoms with E-state index in [2.05, 4.69) is 47.6 Å². The van der Waals surface area contributed by atoms with Gasteiger partial charge in [-0.1, -0.05) is 74.3 Å². The van der Waals surface area contributed by atoms with Crippen LogP contribution in [0.5, 0.6) is 11.5 Å². The number of fused-ring (bicyclic) bond motifs is 7. The van der Waals surface area contributed by atoms with Crippen LogP contribution in [0.4, 0.5) is 0 Å². The Morgan fingerprint density at radius 1 is 0.804 bits per heavy atom. The first kappa shape index (κ1) is 32.4. The molecule has 0 amide bonds. The highest BCUT2D eigenvalue weighted by Crippen LogP contribution is 2.59. The molecule has 2 N–H and O–H groups in total. The smallest absolute Gasteiger partial charge is 0.250 e. The van der Waals surface area contributed by atoms with E-state index in [1.807, 2.05) is 13.8 Å². The van der Waals surface area contributed by atoms with Crippen molar-refractivity contribution in [3.05, 3.63) is 33.9 Å². The summed E-state index contributed by atoms with van der Waals surface area (Å²) < 4.78 is 14.3. The van der Waals surface area contributed by atoms with Crippen molar-refractivity contribution in [1.29, 1.82) is 0 Å². The summed E-state index contributed by atoms with van der Waals surface area (Å²) in [6.45, 7) is 17.3. The van der Waals surface area contributed by atoms with Crippen molar-refractivity contribution in [2.75, 3.05) is 0 Å². The van der Waals surface area contributed by atoms with Gasteiger partial charge >= 0.3 is 0 Å². The zero-order chi connectivity index (χ0) is 33.2. The van der Waals surface area contributed by atoms with E-state index in [1.54, 1.807) is 0 Å². The third-order valence-corrected chi connectivity index (χ3v) is 13.8. The summed E-state index contributed by atoms with van der Waals surface area (Å²) in [5, 5.41) is 24.5. The molecule has 0 aromatic heterocycles. The Balaban J connectivity index is 1.40. The third-order valence-electron chi connectivity index (χ3n) is 13.8. The molecule has 0 saturated heterocycles. The largest absolute Gasteiger partial charge is 0.477 e. The van der Waals surface area contributed by atoms with Crippen LogP contribution in [0.2, 0.25) is 0 Å². The van der Waals surface area contributed by atoms with Gasteiger partial charge in [-0.25, -0.2) is 0 Å². The van der Waals surface area contributed by atoms with Gasteiger partial charge in [0.15, 0.2) is 17.6 Å². The summed E-state index contributed by atoms with van der Waals surface area (Å²) in [6, 6.07) is 2.27. The van der Waals surface area contributed by atoms with Crippen molar-refractivity contribution in [3.63, 3.8) is 0 Å². The molecule has 5 aliphatic carbocycles. The maximum Gasteiger partial charge on any atom is 0.250 e. The highest BCUT2D eigenvalue weighted by atomic mass is 16.6. The molecule has 6 heteroatoms. The van der Waals surface area contributed by atoms with Crippen LogP contribution in [-0.2, 0) is 22.4 Å². The summed E-state index contributed by atoms with van der Waals surface area (Å²) in [5.41, 5.74) is 1.06. The second kappa shape index (κ2) is 10.4. The molecule has 7 rings (SSSR count). The molecule has 1 aromatic carbocycles. The zero-order valence-electron chi connectivity index (χ0n) is 29.5. The summed E-state index contributed by atoms with van der Waals surface area (Å²) in [4.78, 5) is 28.9. The number of hydrogen-bond donors (Lipinski definition) is 2. The van der Waals surface area contributed by atoms with Gasteiger partial charge in [0.25, 0.3) is 5.78 Å². The van der Waals surface area contributed by atoms with E-state index in [-0.39, 0.29) is 40.9 Å². The average Bonchev–Trinajstić information content (AvgIpc) is 3.22. The van der Waals surface area contributed by atoms with E-state index in [4.69, 9.17) is 9.47 Å².